The molecular formula is C23H20ClN3. The van der Waals surface area contributed by atoms with Crippen LogP contribution < -0.4 is 21.1 Å². The number of halogens is 1. The molecule has 0 saturated carbocycles. The van der Waals surface area contributed by atoms with Gasteiger partial charge in [-0.1, -0.05) is 72.8 Å². The fourth-order valence-electron chi connectivity index (χ4n) is 3.95. The number of hydrogen-bond donors (Lipinski definition) is 2. The summed E-state index contributed by atoms with van der Waals surface area (Å²) in [6.45, 7) is 0. The monoisotopic (exact) mass is 373 g/mol. The Morgan fingerprint density at radius 1 is 0.889 bits per heavy atom. The van der Waals surface area contributed by atoms with Gasteiger partial charge in [0.2, 0.25) is 0 Å². The normalized spacial score (nSPS) is 24.2. The number of aliphatic imine (C=N–C) groups is 1. The summed E-state index contributed by atoms with van der Waals surface area (Å²) in [5.74, 6) is 0.312. The molecule has 0 saturated heterocycles. The highest BCUT2D eigenvalue weighted by atomic mass is 35.5. The van der Waals surface area contributed by atoms with Gasteiger partial charge in [0, 0.05) is 5.92 Å². The highest BCUT2D eigenvalue weighted by Gasteiger charge is 2.28. The summed E-state index contributed by atoms with van der Waals surface area (Å²) in [5.41, 5.74) is 1.12. The van der Waals surface area contributed by atoms with E-state index in [0.29, 0.717) is 11.2 Å². The second-order valence-corrected chi connectivity index (χ2v) is 7.47. The minimum absolute atomic E-state index is 0.0380. The lowest BCUT2D eigenvalue weighted by Crippen LogP contribution is -2.54. The van der Waals surface area contributed by atoms with E-state index >= 15 is 0 Å². The zero-order valence-corrected chi connectivity index (χ0v) is 15.5. The van der Waals surface area contributed by atoms with Gasteiger partial charge in [-0.25, -0.2) is 4.99 Å². The number of fused-ring (bicyclic) bond motifs is 2. The average Bonchev–Trinajstić information content (AvgIpc) is 2.72. The molecule has 3 nitrogen and oxygen atoms in total. The first-order chi connectivity index (χ1) is 13.3. The van der Waals surface area contributed by atoms with Crippen molar-refractivity contribution >= 4 is 39.8 Å². The Balaban J connectivity index is 1.45. The summed E-state index contributed by atoms with van der Waals surface area (Å²) < 4.78 is 0. The van der Waals surface area contributed by atoms with Crippen LogP contribution in [0.5, 0.6) is 0 Å². The van der Waals surface area contributed by atoms with Gasteiger partial charge >= 0.3 is 0 Å². The van der Waals surface area contributed by atoms with Crippen LogP contribution in [0.25, 0.3) is 22.9 Å². The van der Waals surface area contributed by atoms with Crippen molar-refractivity contribution in [2.75, 3.05) is 0 Å². The molecular weight excluding hydrogens is 354 g/mol. The summed E-state index contributed by atoms with van der Waals surface area (Å²) in [6, 6.07) is 23.3. The Bertz CT molecular complexity index is 1150. The maximum Gasteiger partial charge on any atom is 0.194 e. The summed E-state index contributed by atoms with van der Waals surface area (Å²) in [7, 11) is 0. The molecule has 1 heterocycles. The topological polar surface area (TPSA) is 36.4 Å². The van der Waals surface area contributed by atoms with E-state index < -0.39 is 0 Å². The Morgan fingerprint density at radius 2 is 1.67 bits per heavy atom. The Labute approximate surface area is 163 Å². The highest BCUT2D eigenvalue weighted by Crippen LogP contribution is 2.25. The molecule has 1 aliphatic carbocycles. The van der Waals surface area contributed by atoms with E-state index in [9.17, 15) is 0 Å². The van der Waals surface area contributed by atoms with Crippen LogP contribution in [0, 0.1) is 5.92 Å². The van der Waals surface area contributed by atoms with Gasteiger partial charge in [-0.3, -0.25) is 5.32 Å². The number of rotatable bonds is 2. The van der Waals surface area contributed by atoms with Gasteiger partial charge in [-0.2, -0.15) is 0 Å². The van der Waals surface area contributed by atoms with Gasteiger partial charge in [0.1, 0.15) is 6.17 Å². The molecule has 2 N–H and O–H groups in total. The molecule has 0 amide bonds. The minimum atomic E-state index is -0.154. The Morgan fingerprint density at radius 3 is 2.56 bits per heavy atom. The molecule has 3 aromatic carbocycles. The summed E-state index contributed by atoms with van der Waals surface area (Å²) >= 11 is 6.37. The van der Waals surface area contributed by atoms with E-state index in [1.807, 2.05) is 0 Å². The first-order valence-corrected chi connectivity index (χ1v) is 9.66. The molecule has 0 radical (unpaired) electrons. The number of nitrogens with zero attached hydrogens (tertiary/aromatic N) is 1. The smallest absolute Gasteiger partial charge is 0.194 e. The van der Waals surface area contributed by atoms with Crippen LogP contribution in [0.1, 0.15) is 18.2 Å². The molecule has 3 aromatic rings. The second kappa shape index (κ2) is 6.84. The van der Waals surface area contributed by atoms with Gasteiger partial charge in [-0.15, -0.1) is 0 Å². The standard InChI is InChI=1S/C23H20ClN3/c24-23-26-21(19-11-9-15-5-1-3-7-17(15)13-19)25-22(27-23)20-12-10-16-6-2-4-8-18(16)14-20/h1-11,13-14,20-22,25H,12H2,(H,26,27). The molecule has 3 atom stereocenters. The van der Waals surface area contributed by atoms with Gasteiger partial charge in [0.15, 0.2) is 5.29 Å². The van der Waals surface area contributed by atoms with E-state index in [2.05, 4.69) is 94.5 Å². The number of benzene rings is 3. The molecule has 134 valence electrons. The van der Waals surface area contributed by atoms with Gasteiger partial charge in [0.25, 0.3) is 0 Å². The zero-order valence-electron chi connectivity index (χ0n) is 14.8. The first-order valence-electron chi connectivity index (χ1n) is 9.28. The largest absolute Gasteiger partial charge is 0.345 e. The van der Waals surface area contributed by atoms with Gasteiger partial charge in [0.05, 0.1) is 6.17 Å². The van der Waals surface area contributed by atoms with E-state index in [4.69, 9.17) is 11.6 Å². The van der Waals surface area contributed by atoms with E-state index in [1.54, 1.807) is 0 Å². The maximum atomic E-state index is 6.37. The third kappa shape index (κ3) is 3.25. The van der Waals surface area contributed by atoms with Crippen molar-refractivity contribution in [3.63, 3.8) is 0 Å². The van der Waals surface area contributed by atoms with Crippen molar-refractivity contribution in [3.05, 3.63) is 82.7 Å². The first kappa shape index (κ1) is 16.5. The molecule has 4 heteroatoms. The zero-order chi connectivity index (χ0) is 18.2. The van der Waals surface area contributed by atoms with Crippen molar-refractivity contribution in [2.24, 2.45) is 10.9 Å². The highest BCUT2D eigenvalue weighted by molar-refractivity contribution is 6.64. The van der Waals surface area contributed by atoms with Gasteiger partial charge in [-0.05, 0) is 50.9 Å². The summed E-state index contributed by atoms with van der Waals surface area (Å²) in [6.07, 6.45) is 5.48. The lowest BCUT2D eigenvalue weighted by Gasteiger charge is -2.34. The number of hydrogen-bond acceptors (Lipinski definition) is 3. The molecule has 2 aliphatic rings. The molecule has 0 bridgehead atoms. The van der Waals surface area contributed by atoms with Crippen molar-refractivity contribution in [1.82, 2.24) is 10.6 Å². The SMILES string of the molecule is ClC1=NC(c2ccc3ccccc3c2)NC(C2C=c3ccccc3=CC2)N1. The van der Waals surface area contributed by atoms with Crippen molar-refractivity contribution < 1.29 is 0 Å². The molecule has 3 unspecified atom stereocenters. The summed E-state index contributed by atoms with van der Waals surface area (Å²) in [5, 5.41) is 12.4. The molecule has 5 rings (SSSR count). The predicted molar refractivity (Wildman–Crippen MR) is 113 cm³/mol. The average molecular weight is 374 g/mol. The van der Waals surface area contributed by atoms with E-state index in [0.717, 1.165) is 12.0 Å². The van der Waals surface area contributed by atoms with E-state index in [1.165, 1.54) is 21.2 Å². The maximum absolute atomic E-state index is 6.37. The van der Waals surface area contributed by atoms with Crippen LogP contribution >= 0.6 is 11.6 Å². The lowest BCUT2D eigenvalue weighted by molar-refractivity contribution is 0.344. The minimum Gasteiger partial charge on any atom is -0.345 e. The Kier molecular flexibility index (Phi) is 4.19. The number of amidine groups is 1. The molecule has 0 fully saturated rings. The predicted octanol–water partition coefficient (Wildman–Crippen LogP) is 3.23. The van der Waals surface area contributed by atoms with Crippen LogP contribution in [-0.4, -0.2) is 11.5 Å². The Hall–Kier alpha value is -2.62. The molecule has 27 heavy (non-hydrogen) atoms. The second-order valence-electron chi connectivity index (χ2n) is 7.12. The van der Waals surface area contributed by atoms with Crippen molar-refractivity contribution in [3.8, 4) is 0 Å². The van der Waals surface area contributed by atoms with Crippen LogP contribution in [0.2, 0.25) is 0 Å². The van der Waals surface area contributed by atoms with E-state index in [-0.39, 0.29) is 12.3 Å². The number of nitrogens with one attached hydrogen (secondary N) is 2. The summed E-state index contributed by atoms with van der Waals surface area (Å²) in [4.78, 5) is 4.58. The molecule has 0 aromatic heterocycles. The van der Waals surface area contributed by atoms with Crippen molar-refractivity contribution in [1.29, 1.82) is 0 Å². The van der Waals surface area contributed by atoms with Crippen LogP contribution in [0.15, 0.2) is 71.7 Å². The third-order valence-corrected chi connectivity index (χ3v) is 5.58. The molecule has 0 spiro atoms. The van der Waals surface area contributed by atoms with Crippen LogP contribution in [0.3, 0.4) is 0 Å². The van der Waals surface area contributed by atoms with Crippen molar-refractivity contribution in [2.45, 2.75) is 18.8 Å². The van der Waals surface area contributed by atoms with Gasteiger partial charge < -0.3 is 5.32 Å². The fourth-order valence-corrected chi connectivity index (χ4v) is 4.16. The fraction of sp³-hybridized carbons (Fsp3) is 0.174. The quantitative estimate of drug-likeness (QED) is 0.677. The molecule has 1 aliphatic heterocycles. The lowest BCUT2D eigenvalue weighted by atomic mass is 9.93. The van der Waals surface area contributed by atoms with Crippen LogP contribution in [-0.2, 0) is 0 Å². The third-order valence-electron chi connectivity index (χ3n) is 5.37. The van der Waals surface area contributed by atoms with Crippen LogP contribution in [0.4, 0.5) is 0 Å².